The number of halogens is 2. The first kappa shape index (κ1) is 20.8. The number of hydrogen-bond acceptors (Lipinski definition) is 4. The van der Waals surface area contributed by atoms with Crippen LogP contribution in [-0.2, 0) is 4.79 Å². The molecule has 7 heteroatoms. The predicted octanol–water partition coefficient (Wildman–Crippen LogP) is 2.16. The largest absolute Gasteiger partial charge is 0.495 e. The number of nitrogens with one attached hydrogen (secondary N) is 2. The summed E-state index contributed by atoms with van der Waals surface area (Å²) in [4.78, 5) is 14.3. The number of ether oxygens (including phenoxy) is 1. The second-order valence-electron chi connectivity index (χ2n) is 5.12. The second kappa shape index (κ2) is 9.77. The summed E-state index contributed by atoms with van der Waals surface area (Å²) in [5, 5.41) is 6.53. The topological polar surface area (TPSA) is 53.6 Å². The molecule has 0 radical (unpaired) electrons. The van der Waals surface area contributed by atoms with Gasteiger partial charge in [-0.2, -0.15) is 0 Å². The second-order valence-corrected chi connectivity index (χ2v) is 5.12. The monoisotopic (exact) mass is 349 g/mol. The van der Waals surface area contributed by atoms with Crippen molar-refractivity contribution in [1.29, 1.82) is 0 Å². The van der Waals surface area contributed by atoms with E-state index < -0.39 is 0 Å². The van der Waals surface area contributed by atoms with E-state index in [0.717, 1.165) is 24.5 Å². The molecule has 22 heavy (non-hydrogen) atoms. The van der Waals surface area contributed by atoms with Gasteiger partial charge in [0.25, 0.3) is 0 Å². The van der Waals surface area contributed by atoms with Gasteiger partial charge in [0, 0.05) is 25.2 Å². The Morgan fingerprint density at radius 3 is 2.73 bits per heavy atom. The van der Waals surface area contributed by atoms with Crippen molar-refractivity contribution >= 4 is 36.4 Å². The van der Waals surface area contributed by atoms with Crippen molar-refractivity contribution in [3.63, 3.8) is 0 Å². The minimum atomic E-state index is 0. The molecule has 0 spiro atoms. The van der Waals surface area contributed by atoms with Crippen molar-refractivity contribution in [3.05, 3.63) is 24.3 Å². The minimum Gasteiger partial charge on any atom is -0.495 e. The number of methoxy groups -OCH3 is 1. The zero-order valence-corrected chi connectivity index (χ0v) is 14.8. The van der Waals surface area contributed by atoms with Crippen LogP contribution in [0.5, 0.6) is 5.75 Å². The Balaban J connectivity index is 0.00000220. The highest BCUT2D eigenvalue weighted by Gasteiger charge is 2.27. The van der Waals surface area contributed by atoms with Crippen LogP contribution in [0.2, 0.25) is 0 Å². The standard InChI is InChI=1S/C15H23N3O2.2ClH/c1-11-12(2)18(9-8-16-11)15(19)10-17-13-6-4-5-7-14(13)20-3;;/h4-7,11-12,16-17H,8-10H2,1-3H3;2*1H. The van der Waals surface area contributed by atoms with Crippen LogP contribution in [0, 0.1) is 0 Å². The van der Waals surface area contributed by atoms with Crippen molar-refractivity contribution < 1.29 is 9.53 Å². The summed E-state index contributed by atoms with van der Waals surface area (Å²) in [5.74, 6) is 0.874. The molecule has 1 aromatic rings. The van der Waals surface area contributed by atoms with E-state index in [1.807, 2.05) is 29.2 Å². The Morgan fingerprint density at radius 2 is 2.05 bits per heavy atom. The number of nitrogens with zero attached hydrogens (tertiary/aromatic N) is 1. The van der Waals surface area contributed by atoms with Crippen molar-refractivity contribution in [3.8, 4) is 5.75 Å². The molecule has 126 valence electrons. The molecule has 1 amide bonds. The lowest BCUT2D eigenvalue weighted by molar-refractivity contribution is -0.132. The van der Waals surface area contributed by atoms with Crippen molar-refractivity contribution in [2.75, 3.05) is 32.1 Å². The summed E-state index contributed by atoms with van der Waals surface area (Å²) >= 11 is 0. The van der Waals surface area contributed by atoms with Gasteiger partial charge < -0.3 is 20.3 Å². The minimum absolute atomic E-state index is 0. The Bertz CT molecular complexity index is 474. The lowest BCUT2D eigenvalue weighted by Crippen LogP contribution is -2.58. The SMILES string of the molecule is COc1ccccc1NCC(=O)N1CCNC(C)C1C.Cl.Cl. The molecule has 1 saturated heterocycles. The van der Waals surface area contributed by atoms with Gasteiger partial charge in [-0.25, -0.2) is 0 Å². The maximum atomic E-state index is 12.3. The summed E-state index contributed by atoms with van der Waals surface area (Å²) in [6.07, 6.45) is 0. The Labute approximate surface area is 144 Å². The van der Waals surface area contributed by atoms with Gasteiger partial charge in [0.05, 0.1) is 19.3 Å². The fourth-order valence-corrected chi connectivity index (χ4v) is 2.47. The molecule has 1 aliphatic rings. The Hall–Kier alpha value is -1.17. The number of hydrogen-bond donors (Lipinski definition) is 2. The Kier molecular flexibility index (Phi) is 9.25. The molecular formula is C15H25Cl2N3O2. The zero-order chi connectivity index (χ0) is 14.5. The van der Waals surface area contributed by atoms with Crippen molar-refractivity contribution in [1.82, 2.24) is 10.2 Å². The van der Waals surface area contributed by atoms with E-state index in [9.17, 15) is 4.79 Å². The van der Waals surface area contributed by atoms with Gasteiger partial charge in [-0.05, 0) is 26.0 Å². The first-order chi connectivity index (χ1) is 9.63. The molecule has 2 atom stereocenters. The maximum absolute atomic E-state index is 12.3. The van der Waals surface area contributed by atoms with Crippen LogP contribution in [0.15, 0.2) is 24.3 Å². The number of anilines is 1. The van der Waals surface area contributed by atoms with Gasteiger partial charge >= 0.3 is 0 Å². The third kappa shape index (κ3) is 4.93. The molecule has 1 fully saturated rings. The molecule has 0 aromatic heterocycles. The Morgan fingerprint density at radius 1 is 1.36 bits per heavy atom. The van der Waals surface area contributed by atoms with Crippen molar-refractivity contribution in [2.24, 2.45) is 0 Å². The fourth-order valence-electron chi connectivity index (χ4n) is 2.47. The number of carbonyl (C=O) groups excluding carboxylic acids is 1. The van der Waals surface area contributed by atoms with E-state index in [0.29, 0.717) is 6.04 Å². The molecule has 0 saturated carbocycles. The van der Waals surface area contributed by atoms with Gasteiger partial charge in [-0.3, -0.25) is 4.79 Å². The van der Waals surface area contributed by atoms with Crippen LogP contribution in [0.1, 0.15) is 13.8 Å². The number of amides is 1. The van der Waals surface area contributed by atoms with E-state index in [2.05, 4.69) is 24.5 Å². The molecule has 1 aliphatic heterocycles. The smallest absolute Gasteiger partial charge is 0.242 e. The van der Waals surface area contributed by atoms with Crippen LogP contribution in [0.4, 0.5) is 5.69 Å². The van der Waals surface area contributed by atoms with Gasteiger partial charge in [0.1, 0.15) is 5.75 Å². The average Bonchev–Trinajstić information content (AvgIpc) is 2.48. The van der Waals surface area contributed by atoms with Crippen LogP contribution in [0.3, 0.4) is 0 Å². The van der Waals surface area contributed by atoms with Gasteiger partial charge in [0.15, 0.2) is 0 Å². The molecule has 1 aromatic carbocycles. The summed E-state index contributed by atoms with van der Waals surface area (Å²) in [5.41, 5.74) is 0.846. The number of rotatable bonds is 4. The van der Waals surface area contributed by atoms with Gasteiger partial charge in [-0.1, -0.05) is 12.1 Å². The fraction of sp³-hybridized carbons (Fsp3) is 0.533. The molecule has 0 aliphatic carbocycles. The van der Waals surface area contributed by atoms with Crippen molar-refractivity contribution in [2.45, 2.75) is 25.9 Å². The molecule has 0 bridgehead atoms. The molecule has 2 N–H and O–H groups in total. The highest BCUT2D eigenvalue weighted by Crippen LogP contribution is 2.22. The molecule has 1 heterocycles. The molecule has 5 nitrogen and oxygen atoms in total. The predicted molar refractivity (Wildman–Crippen MR) is 94.6 cm³/mol. The highest BCUT2D eigenvalue weighted by molar-refractivity contribution is 5.85. The molecule has 2 rings (SSSR count). The molecule has 2 unspecified atom stereocenters. The van der Waals surface area contributed by atoms with E-state index >= 15 is 0 Å². The first-order valence-electron chi connectivity index (χ1n) is 7.03. The number of benzene rings is 1. The van der Waals surface area contributed by atoms with Gasteiger partial charge in [0.2, 0.25) is 5.91 Å². The number of carbonyl (C=O) groups is 1. The average molecular weight is 350 g/mol. The van der Waals surface area contributed by atoms with E-state index in [1.165, 1.54) is 0 Å². The third-order valence-electron chi connectivity index (χ3n) is 3.89. The van der Waals surface area contributed by atoms with E-state index in [4.69, 9.17) is 4.74 Å². The van der Waals surface area contributed by atoms with Crippen LogP contribution < -0.4 is 15.4 Å². The van der Waals surface area contributed by atoms with Gasteiger partial charge in [-0.15, -0.1) is 24.8 Å². The molecular weight excluding hydrogens is 325 g/mol. The van der Waals surface area contributed by atoms with E-state index in [1.54, 1.807) is 7.11 Å². The first-order valence-corrected chi connectivity index (χ1v) is 7.03. The lowest BCUT2D eigenvalue weighted by atomic mass is 10.1. The highest BCUT2D eigenvalue weighted by atomic mass is 35.5. The third-order valence-corrected chi connectivity index (χ3v) is 3.89. The summed E-state index contributed by atoms with van der Waals surface area (Å²) < 4.78 is 5.26. The zero-order valence-electron chi connectivity index (χ0n) is 13.2. The maximum Gasteiger partial charge on any atom is 0.242 e. The van der Waals surface area contributed by atoms with Crippen LogP contribution >= 0.6 is 24.8 Å². The number of para-hydroxylation sites is 2. The summed E-state index contributed by atoms with van der Waals surface area (Å²) in [6.45, 7) is 6.09. The summed E-state index contributed by atoms with van der Waals surface area (Å²) in [7, 11) is 1.63. The van der Waals surface area contributed by atoms with Crippen LogP contribution in [-0.4, -0.2) is 49.6 Å². The quantitative estimate of drug-likeness (QED) is 0.874. The summed E-state index contributed by atoms with van der Waals surface area (Å²) in [6, 6.07) is 8.17. The van der Waals surface area contributed by atoms with Crippen LogP contribution in [0.25, 0.3) is 0 Å². The lowest BCUT2D eigenvalue weighted by Gasteiger charge is -2.38. The normalized spacial score (nSPS) is 20.4. The van der Waals surface area contributed by atoms with E-state index in [-0.39, 0.29) is 43.3 Å². The number of piperazine rings is 1.